The number of nitrogen functional groups attached to an aromatic ring is 1. The van der Waals surface area contributed by atoms with Crippen LogP contribution in [0, 0.1) is 11.3 Å². The Morgan fingerprint density at radius 1 is 1.43 bits per heavy atom. The van der Waals surface area contributed by atoms with Gasteiger partial charge in [0.15, 0.2) is 5.69 Å². The van der Waals surface area contributed by atoms with Crippen LogP contribution in [0.15, 0.2) is 29.3 Å². The first-order chi connectivity index (χ1) is 10.7. The van der Waals surface area contributed by atoms with Crippen LogP contribution in [0.3, 0.4) is 0 Å². The smallest absolute Gasteiger partial charge is 0.357 e. The molecule has 2 aromatic rings. The lowest BCUT2D eigenvalue weighted by Gasteiger charge is -2.11. The number of benzene rings is 1. The van der Waals surface area contributed by atoms with E-state index in [0.29, 0.717) is 0 Å². The number of ether oxygens (including phenoxy) is 1. The molecule has 1 aromatic heterocycles. The average molecular weight is 337 g/mol. The Bertz CT molecular complexity index is 939. The Balaban J connectivity index is 2.82. The van der Waals surface area contributed by atoms with E-state index in [2.05, 4.69) is 4.74 Å². The largest absolute Gasteiger partial charge is 0.506 e. The molecule has 0 atom stereocenters. The second-order valence-electron chi connectivity index (χ2n) is 4.40. The number of rotatable bonds is 3. The third-order valence-electron chi connectivity index (χ3n) is 3.05. The van der Waals surface area contributed by atoms with Crippen LogP contribution in [-0.2, 0) is 14.9 Å². The normalized spacial score (nSPS) is 11.0. The van der Waals surface area contributed by atoms with Crippen molar-refractivity contribution in [2.24, 2.45) is 0 Å². The van der Waals surface area contributed by atoms with Crippen LogP contribution in [0.2, 0.25) is 0 Å². The number of nitriles is 1. The number of esters is 1. The molecule has 0 aliphatic carbocycles. The minimum atomic E-state index is -4.53. The second-order valence-corrected chi connectivity index (χ2v) is 5.83. The Morgan fingerprint density at radius 2 is 2.09 bits per heavy atom. The number of anilines is 1. The van der Waals surface area contributed by atoms with Gasteiger partial charge in [0.2, 0.25) is 0 Å². The summed E-state index contributed by atoms with van der Waals surface area (Å²) in [5.74, 6) is -1.29. The van der Waals surface area contributed by atoms with Crippen LogP contribution in [0.4, 0.5) is 5.69 Å². The topological polar surface area (TPSA) is 156 Å². The molecule has 0 saturated heterocycles. The number of aromatic hydroxyl groups is 1. The molecular weight excluding hydrogens is 326 g/mol. The standard InChI is InChI=1S/C13H11N3O6S/c1-22-13(18)12-11(15)7(5-14)6-16(12)9-4-8(23(19,20)21)2-3-10(9)17/h2-4,6,17H,15H2,1H3,(H,19,20,21). The molecule has 0 saturated carbocycles. The molecule has 0 unspecified atom stereocenters. The number of nitrogens with two attached hydrogens (primary N) is 1. The minimum absolute atomic E-state index is 0.0675. The molecule has 1 heterocycles. The number of carbonyl (C=O) groups is 1. The Morgan fingerprint density at radius 3 is 2.61 bits per heavy atom. The van der Waals surface area contributed by atoms with Crippen molar-refractivity contribution >= 4 is 21.8 Å². The van der Waals surface area contributed by atoms with E-state index in [9.17, 15) is 18.3 Å². The molecule has 10 heteroatoms. The third kappa shape index (κ3) is 2.83. The van der Waals surface area contributed by atoms with E-state index in [4.69, 9.17) is 15.5 Å². The molecule has 0 spiro atoms. The lowest BCUT2D eigenvalue weighted by atomic mass is 10.2. The first kappa shape index (κ1) is 16.3. The van der Waals surface area contributed by atoms with Crippen molar-refractivity contribution in [1.82, 2.24) is 4.57 Å². The van der Waals surface area contributed by atoms with Crippen molar-refractivity contribution < 1.29 is 27.6 Å². The van der Waals surface area contributed by atoms with E-state index < -0.39 is 26.7 Å². The summed E-state index contributed by atoms with van der Waals surface area (Å²) in [5.41, 5.74) is 5.03. The Kier molecular flexibility index (Phi) is 4.00. The van der Waals surface area contributed by atoms with Crippen molar-refractivity contribution in [3.63, 3.8) is 0 Å². The van der Waals surface area contributed by atoms with Gasteiger partial charge in [-0.05, 0) is 18.2 Å². The predicted octanol–water partition coefficient (Wildman–Crippen LogP) is 0.670. The summed E-state index contributed by atoms with van der Waals surface area (Å²) in [4.78, 5) is 11.4. The highest BCUT2D eigenvalue weighted by Gasteiger charge is 2.24. The van der Waals surface area contributed by atoms with Crippen molar-refractivity contribution in [3.05, 3.63) is 35.7 Å². The van der Waals surface area contributed by atoms with Gasteiger partial charge in [-0.15, -0.1) is 0 Å². The average Bonchev–Trinajstić information content (AvgIpc) is 2.82. The number of phenolic OH excluding ortho intramolecular Hbond substituents is 1. The number of hydrogen-bond acceptors (Lipinski definition) is 7. The monoisotopic (exact) mass is 337 g/mol. The third-order valence-corrected chi connectivity index (χ3v) is 3.90. The fraction of sp³-hybridized carbons (Fsp3) is 0.0769. The van der Waals surface area contributed by atoms with Crippen LogP contribution in [0.25, 0.3) is 5.69 Å². The molecule has 2 rings (SSSR count). The fourth-order valence-electron chi connectivity index (χ4n) is 1.96. The summed E-state index contributed by atoms with van der Waals surface area (Å²) >= 11 is 0. The van der Waals surface area contributed by atoms with Crippen molar-refractivity contribution in [2.45, 2.75) is 4.90 Å². The van der Waals surface area contributed by atoms with Gasteiger partial charge >= 0.3 is 5.97 Å². The first-order valence-corrected chi connectivity index (χ1v) is 7.44. The van der Waals surface area contributed by atoms with Gasteiger partial charge in [-0.3, -0.25) is 4.55 Å². The maximum Gasteiger partial charge on any atom is 0.357 e. The van der Waals surface area contributed by atoms with Gasteiger partial charge in [0.1, 0.15) is 11.8 Å². The van der Waals surface area contributed by atoms with Crippen LogP contribution in [0.1, 0.15) is 16.1 Å². The van der Waals surface area contributed by atoms with Crippen LogP contribution >= 0.6 is 0 Å². The zero-order valence-corrected chi connectivity index (χ0v) is 12.5. The van der Waals surface area contributed by atoms with Gasteiger partial charge in [0.05, 0.1) is 28.9 Å². The predicted molar refractivity (Wildman–Crippen MR) is 77.7 cm³/mol. The van der Waals surface area contributed by atoms with E-state index >= 15 is 0 Å². The van der Waals surface area contributed by atoms with Crippen molar-refractivity contribution in [2.75, 3.05) is 12.8 Å². The zero-order valence-electron chi connectivity index (χ0n) is 11.7. The molecule has 23 heavy (non-hydrogen) atoms. The highest BCUT2D eigenvalue weighted by molar-refractivity contribution is 7.85. The molecule has 1 aromatic carbocycles. The van der Waals surface area contributed by atoms with Gasteiger partial charge in [0, 0.05) is 6.20 Å². The molecule has 0 amide bonds. The minimum Gasteiger partial charge on any atom is -0.506 e. The molecule has 0 aliphatic heterocycles. The lowest BCUT2D eigenvalue weighted by molar-refractivity contribution is 0.0593. The van der Waals surface area contributed by atoms with E-state index in [1.54, 1.807) is 6.07 Å². The summed E-state index contributed by atoms with van der Waals surface area (Å²) in [7, 11) is -3.44. The summed E-state index contributed by atoms with van der Waals surface area (Å²) in [6, 6.07) is 4.69. The molecule has 0 bridgehead atoms. The van der Waals surface area contributed by atoms with Crippen LogP contribution < -0.4 is 5.73 Å². The number of phenols is 1. The van der Waals surface area contributed by atoms with E-state index in [1.807, 2.05) is 0 Å². The molecule has 0 aliphatic rings. The van der Waals surface area contributed by atoms with Gasteiger partial charge in [0.25, 0.3) is 10.1 Å². The van der Waals surface area contributed by atoms with Crippen molar-refractivity contribution in [3.8, 4) is 17.5 Å². The molecule has 0 radical (unpaired) electrons. The van der Waals surface area contributed by atoms with E-state index in [-0.39, 0.29) is 22.6 Å². The Hall–Kier alpha value is -3.03. The fourth-order valence-corrected chi connectivity index (χ4v) is 2.46. The summed E-state index contributed by atoms with van der Waals surface area (Å²) in [6.45, 7) is 0. The van der Waals surface area contributed by atoms with Gasteiger partial charge in [-0.25, -0.2) is 4.79 Å². The number of hydrogen-bond donors (Lipinski definition) is 3. The number of methoxy groups -OCH3 is 1. The van der Waals surface area contributed by atoms with Crippen LogP contribution in [-0.4, -0.2) is 35.7 Å². The Labute approximate surface area is 130 Å². The maximum absolute atomic E-state index is 11.9. The number of carbonyl (C=O) groups excluding carboxylic acids is 1. The molecule has 9 nitrogen and oxygen atoms in total. The number of aromatic nitrogens is 1. The zero-order chi connectivity index (χ0) is 17.4. The van der Waals surface area contributed by atoms with Crippen molar-refractivity contribution in [1.29, 1.82) is 5.26 Å². The highest BCUT2D eigenvalue weighted by Crippen LogP contribution is 2.31. The van der Waals surface area contributed by atoms with E-state index in [1.165, 1.54) is 0 Å². The van der Waals surface area contributed by atoms with Gasteiger partial charge < -0.3 is 20.1 Å². The maximum atomic E-state index is 11.9. The van der Waals surface area contributed by atoms with Crippen LogP contribution in [0.5, 0.6) is 5.75 Å². The summed E-state index contributed by atoms with van der Waals surface area (Å²) in [5, 5.41) is 18.9. The number of nitrogens with zero attached hydrogens (tertiary/aromatic N) is 2. The summed E-state index contributed by atoms with van der Waals surface area (Å²) < 4.78 is 37.1. The molecular formula is C13H11N3O6S. The highest BCUT2D eigenvalue weighted by atomic mass is 32.2. The quantitative estimate of drug-likeness (QED) is 0.545. The molecule has 4 N–H and O–H groups in total. The van der Waals surface area contributed by atoms with Gasteiger partial charge in [-0.2, -0.15) is 13.7 Å². The van der Waals surface area contributed by atoms with E-state index in [0.717, 1.165) is 36.1 Å². The second kappa shape index (κ2) is 5.64. The molecule has 0 fully saturated rings. The molecule has 120 valence electrons. The SMILES string of the molecule is COC(=O)c1c(N)c(C#N)cn1-c1cc(S(=O)(=O)O)ccc1O. The first-order valence-electron chi connectivity index (χ1n) is 6.00. The van der Waals surface area contributed by atoms with Gasteiger partial charge in [-0.1, -0.05) is 0 Å². The lowest BCUT2D eigenvalue weighted by Crippen LogP contribution is -2.11. The summed E-state index contributed by atoms with van der Waals surface area (Å²) in [6.07, 6.45) is 1.14.